The predicted octanol–water partition coefficient (Wildman–Crippen LogP) is 3.56. The smallest absolute Gasteiger partial charge is 0.146 e. The molecule has 0 aliphatic carbocycles. The first kappa shape index (κ1) is 15.0. The van der Waals surface area contributed by atoms with E-state index in [1.807, 2.05) is 24.1 Å². The Balaban J connectivity index is 2.73. The molecule has 0 radical (unpaired) electrons. The van der Waals surface area contributed by atoms with Gasteiger partial charge < -0.3 is 10.2 Å². The molecular formula is C15H25FN2. The van der Waals surface area contributed by atoms with Gasteiger partial charge in [-0.1, -0.05) is 33.3 Å². The van der Waals surface area contributed by atoms with Crippen LogP contribution >= 0.6 is 0 Å². The van der Waals surface area contributed by atoms with Crippen molar-refractivity contribution in [1.82, 2.24) is 5.32 Å². The third-order valence-corrected chi connectivity index (χ3v) is 2.98. The zero-order valence-corrected chi connectivity index (χ0v) is 12.0. The Hall–Kier alpha value is -1.09. The van der Waals surface area contributed by atoms with Gasteiger partial charge in [-0.05, 0) is 24.1 Å². The molecular weight excluding hydrogens is 227 g/mol. The predicted molar refractivity (Wildman–Crippen MR) is 76.6 cm³/mol. The first-order chi connectivity index (χ1) is 8.54. The Morgan fingerprint density at radius 1 is 1.33 bits per heavy atom. The molecule has 0 heterocycles. The fraction of sp³-hybridized carbons (Fsp3) is 0.600. The summed E-state index contributed by atoms with van der Waals surface area (Å²) in [5.41, 5.74) is 1.83. The van der Waals surface area contributed by atoms with Gasteiger partial charge in [-0.25, -0.2) is 4.39 Å². The van der Waals surface area contributed by atoms with E-state index in [1.54, 1.807) is 6.07 Å². The van der Waals surface area contributed by atoms with E-state index in [2.05, 4.69) is 26.1 Å². The third-order valence-electron chi connectivity index (χ3n) is 2.98. The van der Waals surface area contributed by atoms with Crippen LogP contribution in [0.1, 0.15) is 39.2 Å². The quantitative estimate of drug-likeness (QED) is 0.798. The summed E-state index contributed by atoms with van der Waals surface area (Å²) in [6.07, 6.45) is 2.21. The standard InChI is InChI=1S/C15H25FN2/c1-5-6-9-18(4)15-10-13(7-8-14(15)16)11-17-12(2)3/h7-8,10,12,17H,5-6,9,11H2,1-4H3. The maximum absolute atomic E-state index is 13.8. The van der Waals surface area contributed by atoms with Crippen LogP contribution in [-0.4, -0.2) is 19.6 Å². The van der Waals surface area contributed by atoms with Crippen molar-refractivity contribution >= 4 is 5.69 Å². The van der Waals surface area contributed by atoms with Crippen molar-refractivity contribution in [2.24, 2.45) is 0 Å². The van der Waals surface area contributed by atoms with Crippen LogP contribution in [0.25, 0.3) is 0 Å². The van der Waals surface area contributed by atoms with Crippen LogP contribution in [0.5, 0.6) is 0 Å². The summed E-state index contributed by atoms with van der Waals surface area (Å²) < 4.78 is 13.8. The second-order valence-corrected chi connectivity index (χ2v) is 5.10. The first-order valence-electron chi connectivity index (χ1n) is 6.77. The van der Waals surface area contributed by atoms with Gasteiger partial charge in [0.2, 0.25) is 0 Å². The molecule has 0 saturated carbocycles. The highest BCUT2D eigenvalue weighted by molar-refractivity contribution is 5.49. The van der Waals surface area contributed by atoms with Crippen molar-refractivity contribution in [3.8, 4) is 0 Å². The molecule has 0 amide bonds. The fourth-order valence-electron chi connectivity index (χ4n) is 1.80. The topological polar surface area (TPSA) is 15.3 Å². The largest absolute Gasteiger partial charge is 0.372 e. The van der Waals surface area contributed by atoms with Crippen LogP contribution in [0.15, 0.2) is 18.2 Å². The molecule has 102 valence electrons. The number of benzene rings is 1. The Bertz CT molecular complexity index is 364. The molecule has 0 unspecified atom stereocenters. The number of unbranched alkanes of at least 4 members (excludes halogenated alkanes) is 1. The van der Waals surface area contributed by atoms with Crippen molar-refractivity contribution in [3.05, 3.63) is 29.6 Å². The summed E-state index contributed by atoms with van der Waals surface area (Å²) in [5, 5.41) is 3.35. The lowest BCUT2D eigenvalue weighted by Gasteiger charge is -2.20. The molecule has 0 atom stereocenters. The Kier molecular flexibility index (Phi) is 6.13. The third kappa shape index (κ3) is 4.65. The molecule has 0 bridgehead atoms. The number of nitrogens with one attached hydrogen (secondary N) is 1. The van der Waals surface area contributed by atoms with Gasteiger partial charge in [0.1, 0.15) is 5.82 Å². The molecule has 0 aromatic heterocycles. The first-order valence-corrected chi connectivity index (χ1v) is 6.77. The normalized spacial score (nSPS) is 11.0. The highest BCUT2D eigenvalue weighted by Crippen LogP contribution is 2.20. The zero-order valence-electron chi connectivity index (χ0n) is 12.0. The van der Waals surface area contributed by atoms with E-state index in [9.17, 15) is 4.39 Å². The number of halogens is 1. The monoisotopic (exact) mass is 252 g/mol. The lowest BCUT2D eigenvalue weighted by atomic mass is 10.1. The molecule has 1 N–H and O–H groups in total. The molecule has 0 fully saturated rings. The molecule has 0 aliphatic rings. The Morgan fingerprint density at radius 3 is 2.67 bits per heavy atom. The summed E-state index contributed by atoms with van der Waals surface area (Å²) in [7, 11) is 1.95. The average Bonchev–Trinajstić information content (AvgIpc) is 2.34. The lowest BCUT2D eigenvalue weighted by molar-refractivity contribution is 0.585. The van der Waals surface area contributed by atoms with Crippen LogP contribution in [0.2, 0.25) is 0 Å². The van der Waals surface area contributed by atoms with Crippen LogP contribution in [0, 0.1) is 5.82 Å². The van der Waals surface area contributed by atoms with Crippen LogP contribution in [-0.2, 0) is 6.54 Å². The average molecular weight is 252 g/mol. The minimum absolute atomic E-state index is 0.137. The summed E-state index contributed by atoms with van der Waals surface area (Å²) >= 11 is 0. The molecule has 0 spiro atoms. The van der Waals surface area contributed by atoms with Gasteiger partial charge in [-0.3, -0.25) is 0 Å². The van der Waals surface area contributed by atoms with Crippen molar-refractivity contribution in [3.63, 3.8) is 0 Å². The van der Waals surface area contributed by atoms with Crippen LogP contribution < -0.4 is 10.2 Å². The SMILES string of the molecule is CCCCN(C)c1cc(CNC(C)C)ccc1F. The van der Waals surface area contributed by atoms with E-state index in [4.69, 9.17) is 0 Å². The summed E-state index contributed by atoms with van der Waals surface area (Å²) in [6.45, 7) is 8.05. The molecule has 0 saturated heterocycles. The highest BCUT2D eigenvalue weighted by Gasteiger charge is 2.08. The molecule has 1 rings (SSSR count). The number of rotatable bonds is 7. The van der Waals surface area contributed by atoms with Crippen LogP contribution in [0.4, 0.5) is 10.1 Å². The number of anilines is 1. The van der Waals surface area contributed by atoms with Gasteiger partial charge in [0, 0.05) is 26.2 Å². The highest BCUT2D eigenvalue weighted by atomic mass is 19.1. The molecule has 3 heteroatoms. The van der Waals surface area contributed by atoms with Gasteiger partial charge in [-0.15, -0.1) is 0 Å². The molecule has 1 aromatic rings. The fourth-order valence-corrected chi connectivity index (χ4v) is 1.80. The van der Waals surface area contributed by atoms with Gasteiger partial charge in [0.05, 0.1) is 5.69 Å². The van der Waals surface area contributed by atoms with Gasteiger partial charge in [0.25, 0.3) is 0 Å². The lowest BCUT2D eigenvalue weighted by Crippen LogP contribution is -2.23. The minimum atomic E-state index is -0.137. The molecule has 18 heavy (non-hydrogen) atoms. The van der Waals surface area contributed by atoms with E-state index in [0.29, 0.717) is 11.7 Å². The summed E-state index contributed by atoms with van der Waals surface area (Å²) in [5.74, 6) is -0.137. The van der Waals surface area contributed by atoms with Crippen molar-refractivity contribution < 1.29 is 4.39 Å². The van der Waals surface area contributed by atoms with Crippen molar-refractivity contribution in [2.45, 2.75) is 46.2 Å². The number of nitrogens with zero attached hydrogens (tertiary/aromatic N) is 1. The zero-order chi connectivity index (χ0) is 13.5. The van der Waals surface area contributed by atoms with E-state index in [-0.39, 0.29) is 5.82 Å². The van der Waals surface area contributed by atoms with Gasteiger partial charge >= 0.3 is 0 Å². The second-order valence-electron chi connectivity index (χ2n) is 5.10. The van der Waals surface area contributed by atoms with E-state index in [1.165, 1.54) is 0 Å². The maximum Gasteiger partial charge on any atom is 0.146 e. The van der Waals surface area contributed by atoms with E-state index < -0.39 is 0 Å². The number of hydrogen-bond acceptors (Lipinski definition) is 2. The van der Waals surface area contributed by atoms with E-state index >= 15 is 0 Å². The maximum atomic E-state index is 13.8. The number of hydrogen-bond donors (Lipinski definition) is 1. The van der Waals surface area contributed by atoms with Crippen molar-refractivity contribution in [2.75, 3.05) is 18.5 Å². The summed E-state index contributed by atoms with van der Waals surface area (Å²) in [6, 6.07) is 5.80. The van der Waals surface area contributed by atoms with Gasteiger partial charge in [-0.2, -0.15) is 0 Å². The second kappa shape index (κ2) is 7.37. The molecule has 0 aliphatic heterocycles. The summed E-state index contributed by atoms with van der Waals surface area (Å²) in [4.78, 5) is 2.00. The van der Waals surface area contributed by atoms with E-state index in [0.717, 1.165) is 31.5 Å². The van der Waals surface area contributed by atoms with Crippen molar-refractivity contribution in [1.29, 1.82) is 0 Å². The van der Waals surface area contributed by atoms with Gasteiger partial charge in [0.15, 0.2) is 0 Å². The Labute approximate surface area is 110 Å². The Morgan fingerprint density at radius 2 is 2.06 bits per heavy atom. The molecule has 1 aromatic carbocycles. The van der Waals surface area contributed by atoms with Crippen LogP contribution in [0.3, 0.4) is 0 Å². The molecule has 2 nitrogen and oxygen atoms in total. The minimum Gasteiger partial charge on any atom is -0.372 e.